The van der Waals surface area contributed by atoms with E-state index in [4.69, 9.17) is 20.6 Å². The number of para-hydroxylation sites is 1. The summed E-state index contributed by atoms with van der Waals surface area (Å²) in [6.45, 7) is 7.19. The van der Waals surface area contributed by atoms with Gasteiger partial charge in [-0.3, -0.25) is 4.57 Å². The third-order valence-corrected chi connectivity index (χ3v) is 7.20. The lowest BCUT2D eigenvalue weighted by atomic mass is 10.0. The minimum absolute atomic E-state index is 0.00168. The predicted molar refractivity (Wildman–Crippen MR) is 123 cm³/mol. The summed E-state index contributed by atoms with van der Waals surface area (Å²) in [5, 5.41) is 16.2. The second-order valence-corrected chi connectivity index (χ2v) is 10.0. The molecule has 0 bridgehead atoms. The van der Waals surface area contributed by atoms with Crippen LogP contribution in [0.15, 0.2) is 60.7 Å². The Morgan fingerprint density at radius 3 is 2.13 bits per heavy atom. The molecule has 0 aromatic heterocycles. The summed E-state index contributed by atoms with van der Waals surface area (Å²) in [5.74, 6) is -0.980. The summed E-state index contributed by atoms with van der Waals surface area (Å²) in [5.41, 5.74) is 1.01. The molecule has 7 heteroatoms. The fourth-order valence-corrected chi connectivity index (χ4v) is 5.88. The van der Waals surface area contributed by atoms with Crippen LogP contribution < -0.4 is 5.32 Å². The van der Waals surface area contributed by atoms with Gasteiger partial charge in [-0.1, -0.05) is 54.1 Å². The van der Waals surface area contributed by atoms with E-state index >= 15 is 0 Å². The van der Waals surface area contributed by atoms with Crippen molar-refractivity contribution < 1.29 is 18.7 Å². The molecule has 0 fully saturated rings. The molecule has 1 unspecified atom stereocenters. The number of hydrogen-bond acceptors (Lipinski definition) is 5. The fourth-order valence-electron chi connectivity index (χ4n) is 3.34. The Kier molecular flexibility index (Phi) is 7.10. The summed E-state index contributed by atoms with van der Waals surface area (Å²) in [6, 6.07) is 18.2. The maximum absolute atomic E-state index is 14.2. The molecule has 0 saturated heterocycles. The number of anilines is 1. The minimum Gasteiger partial charge on any atom is -0.508 e. The monoisotopic (exact) mass is 447 g/mol. The molecule has 0 aliphatic carbocycles. The normalized spacial score (nSPS) is 13.2. The Morgan fingerprint density at radius 2 is 1.50 bits per heavy atom. The average Bonchev–Trinajstić information content (AvgIpc) is 2.66. The summed E-state index contributed by atoms with van der Waals surface area (Å²) in [4.78, 5) is 0. The molecular formula is C23H27ClNO4P. The van der Waals surface area contributed by atoms with Crippen molar-refractivity contribution in [2.24, 2.45) is 0 Å². The third kappa shape index (κ3) is 4.98. The molecule has 0 amide bonds. The quantitative estimate of drug-likeness (QED) is 0.353. The van der Waals surface area contributed by atoms with Gasteiger partial charge in [-0.15, -0.1) is 0 Å². The number of hydrogen-bond donors (Lipinski definition) is 2. The second kappa shape index (κ2) is 9.40. The largest absolute Gasteiger partial charge is 0.508 e. The summed E-state index contributed by atoms with van der Waals surface area (Å²) in [7, 11) is -3.81. The minimum atomic E-state index is -3.81. The lowest BCUT2D eigenvalue weighted by Crippen LogP contribution is -2.19. The van der Waals surface area contributed by atoms with Crippen molar-refractivity contribution in [1.29, 1.82) is 0 Å². The summed E-state index contributed by atoms with van der Waals surface area (Å²) < 4.78 is 26.0. The van der Waals surface area contributed by atoms with Gasteiger partial charge in [0.1, 0.15) is 5.75 Å². The number of phenolic OH excluding ortho intramolecular Hbond substituents is 1. The number of fused-ring (bicyclic) bond motifs is 1. The van der Waals surface area contributed by atoms with E-state index in [1.165, 1.54) is 0 Å². The molecular weight excluding hydrogens is 421 g/mol. The molecule has 0 radical (unpaired) electrons. The lowest BCUT2D eigenvalue weighted by Gasteiger charge is -2.32. The molecule has 1 atom stereocenters. The number of halogens is 1. The van der Waals surface area contributed by atoms with Gasteiger partial charge in [-0.2, -0.15) is 0 Å². The third-order valence-electron chi connectivity index (χ3n) is 4.42. The zero-order valence-corrected chi connectivity index (χ0v) is 19.2. The first kappa shape index (κ1) is 22.6. The molecule has 2 N–H and O–H groups in total. The number of rotatable bonds is 8. The van der Waals surface area contributed by atoms with E-state index in [0.29, 0.717) is 16.3 Å². The number of nitrogens with one attached hydrogen (secondary N) is 1. The molecule has 5 nitrogen and oxygen atoms in total. The first-order chi connectivity index (χ1) is 14.2. The number of aromatic hydroxyl groups is 1. The highest BCUT2D eigenvalue weighted by molar-refractivity contribution is 7.54. The molecule has 3 aromatic rings. The van der Waals surface area contributed by atoms with Crippen LogP contribution in [0, 0.1) is 0 Å². The van der Waals surface area contributed by atoms with Crippen molar-refractivity contribution in [2.75, 3.05) is 5.32 Å². The van der Waals surface area contributed by atoms with Crippen molar-refractivity contribution in [1.82, 2.24) is 0 Å². The maximum atomic E-state index is 14.2. The van der Waals surface area contributed by atoms with E-state index < -0.39 is 13.4 Å². The van der Waals surface area contributed by atoms with E-state index in [1.807, 2.05) is 42.5 Å². The molecule has 0 spiro atoms. The highest BCUT2D eigenvalue weighted by Gasteiger charge is 2.42. The Balaban J connectivity index is 2.26. The van der Waals surface area contributed by atoms with Crippen molar-refractivity contribution in [2.45, 2.75) is 45.7 Å². The van der Waals surface area contributed by atoms with Crippen LogP contribution in [0.1, 0.15) is 39.0 Å². The molecule has 0 aliphatic heterocycles. The Bertz CT molecular complexity index is 1060. The Morgan fingerprint density at radius 1 is 0.900 bits per heavy atom. The molecule has 160 valence electrons. The van der Waals surface area contributed by atoms with Crippen LogP contribution in [-0.4, -0.2) is 17.3 Å². The van der Waals surface area contributed by atoms with Crippen molar-refractivity contribution >= 4 is 35.7 Å². The summed E-state index contributed by atoms with van der Waals surface area (Å²) >= 11 is 6.38. The molecule has 0 aliphatic rings. The maximum Gasteiger partial charge on any atom is 0.357 e. The van der Waals surface area contributed by atoms with Crippen LogP contribution in [-0.2, 0) is 13.6 Å². The second-order valence-electron chi connectivity index (χ2n) is 7.59. The van der Waals surface area contributed by atoms with E-state index in [-0.39, 0.29) is 18.0 Å². The highest BCUT2D eigenvalue weighted by atomic mass is 35.5. The van der Waals surface area contributed by atoms with Crippen LogP contribution in [0.2, 0.25) is 5.02 Å². The Hall–Kier alpha value is -2.04. The van der Waals surface area contributed by atoms with Gasteiger partial charge in [0.15, 0.2) is 5.78 Å². The van der Waals surface area contributed by atoms with Gasteiger partial charge >= 0.3 is 7.60 Å². The molecule has 30 heavy (non-hydrogen) atoms. The van der Waals surface area contributed by atoms with Gasteiger partial charge in [0.05, 0.1) is 22.9 Å². The highest BCUT2D eigenvalue weighted by Crippen LogP contribution is 2.64. The Labute approximate surface area is 182 Å². The first-order valence-electron chi connectivity index (χ1n) is 9.89. The summed E-state index contributed by atoms with van der Waals surface area (Å²) in [6.07, 6.45) is -0.718. The predicted octanol–water partition coefficient (Wildman–Crippen LogP) is 7.35. The topological polar surface area (TPSA) is 67.8 Å². The molecule has 3 rings (SSSR count). The van der Waals surface area contributed by atoms with Crippen molar-refractivity contribution in [3.8, 4) is 5.75 Å². The van der Waals surface area contributed by atoms with Crippen molar-refractivity contribution in [3.63, 3.8) is 0 Å². The van der Waals surface area contributed by atoms with E-state index in [0.717, 1.165) is 10.8 Å². The number of phenols is 1. The van der Waals surface area contributed by atoms with Crippen LogP contribution in [0.4, 0.5) is 5.69 Å². The van der Waals surface area contributed by atoms with Crippen LogP contribution in [0.3, 0.4) is 0 Å². The fraction of sp³-hybridized carbons (Fsp3) is 0.304. The smallest absolute Gasteiger partial charge is 0.357 e. The van der Waals surface area contributed by atoms with Crippen molar-refractivity contribution in [3.05, 3.63) is 71.2 Å². The van der Waals surface area contributed by atoms with Crippen LogP contribution in [0.5, 0.6) is 5.75 Å². The van der Waals surface area contributed by atoms with Gasteiger partial charge in [0, 0.05) is 5.56 Å². The number of benzene rings is 3. The van der Waals surface area contributed by atoms with E-state index in [1.54, 1.807) is 45.9 Å². The zero-order valence-electron chi connectivity index (χ0n) is 17.5. The van der Waals surface area contributed by atoms with Gasteiger partial charge in [-0.25, -0.2) is 0 Å². The van der Waals surface area contributed by atoms with Crippen LogP contribution >= 0.6 is 19.2 Å². The SMILES string of the molecule is CC(C)OP(=O)(OC(C)C)C(Nc1ccccc1Cl)c1c(O)ccc2ccccc12. The van der Waals surface area contributed by atoms with Gasteiger partial charge in [0.2, 0.25) is 0 Å². The van der Waals surface area contributed by atoms with Crippen LogP contribution in [0.25, 0.3) is 10.8 Å². The molecule has 3 aromatic carbocycles. The first-order valence-corrected chi connectivity index (χ1v) is 11.9. The molecule has 0 heterocycles. The van der Waals surface area contributed by atoms with E-state index in [2.05, 4.69) is 5.32 Å². The molecule has 0 saturated carbocycles. The van der Waals surface area contributed by atoms with Gasteiger partial charge in [-0.05, 0) is 56.7 Å². The standard InChI is InChI=1S/C23H27ClNO4P/c1-15(2)28-30(27,29-16(3)4)23(25-20-12-8-7-11-19(20)24)22-18-10-6-5-9-17(18)13-14-21(22)26/h5-16,23,25-26H,1-4H3. The van der Waals surface area contributed by atoms with Gasteiger partial charge < -0.3 is 19.5 Å². The van der Waals surface area contributed by atoms with Gasteiger partial charge in [0.25, 0.3) is 0 Å². The average molecular weight is 448 g/mol. The lowest BCUT2D eigenvalue weighted by molar-refractivity contribution is 0.138. The van der Waals surface area contributed by atoms with E-state index in [9.17, 15) is 9.67 Å². The zero-order chi connectivity index (χ0) is 21.9.